The van der Waals surface area contributed by atoms with Gasteiger partial charge in [-0.15, -0.1) is 0 Å². The molecular weight excluding hydrogens is 932 g/mol. The number of esters is 6. The Kier molecular flexibility index (Phi) is 14.5. The summed E-state index contributed by atoms with van der Waals surface area (Å²) in [5.41, 5.74) is -2.91. The van der Waals surface area contributed by atoms with Crippen molar-refractivity contribution >= 4 is 41.6 Å². The van der Waals surface area contributed by atoms with Gasteiger partial charge in [-0.05, 0) is 88.4 Å². The number of hydrogen-bond donors (Lipinski definition) is 1. The number of halogens is 12. The van der Waals surface area contributed by atoms with Crippen LogP contribution in [0.4, 0.5) is 52.7 Å². The Morgan fingerprint density at radius 2 is 0.848 bits per heavy atom. The highest BCUT2D eigenvalue weighted by Gasteiger charge is 2.63. The Morgan fingerprint density at radius 3 is 1.21 bits per heavy atom. The molecule has 8 fully saturated rings. The van der Waals surface area contributed by atoms with E-state index in [1.54, 1.807) is 0 Å². The van der Waals surface area contributed by atoms with E-state index in [-0.39, 0.29) is 68.5 Å². The van der Waals surface area contributed by atoms with Gasteiger partial charge >= 0.3 is 71.4 Å². The summed E-state index contributed by atoms with van der Waals surface area (Å²) >= 11 is 0. The van der Waals surface area contributed by atoms with Crippen molar-refractivity contribution in [2.75, 3.05) is 39.6 Å². The van der Waals surface area contributed by atoms with Gasteiger partial charge in [-0.3, -0.25) is 14.4 Å². The smallest absolute Gasteiger partial charge is 0.376 e. The third-order valence-electron chi connectivity index (χ3n) is 12.9. The maximum Gasteiger partial charge on any atom is 0.376 e. The first kappa shape index (κ1) is 52.6. The number of ketones is 1. The first-order valence-corrected chi connectivity index (χ1v) is 20.6. The lowest BCUT2D eigenvalue weighted by Crippen LogP contribution is -2.58. The molecule has 0 aromatic carbocycles. The average molecular weight is 979 g/mol. The summed E-state index contributed by atoms with van der Waals surface area (Å²) in [7, 11) is 0. The molecule has 8 aliphatic rings. The molecule has 0 saturated heterocycles. The van der Waals surface area contributed by atoms with Crippen molar-refractivity contribution in [2.24, 2.45) is 40.4 Å². The monoisotopic (exact) mass is 978 g/mol. The standard InChI is InChI=1S/C20H24F6O7.C20H22F6O7/c1-16(21,22)14(28)33-10-20(25,26)19(23,24)9-32-13(27)7-31-15(29)17-3-11-2-12(4-17)6-18(30,5-11)8-17;1-17(21,22)15(29)33-9-20(25,26)19(23,24)8-32-13(27)7-31-16(30)18-4-10-2-11(5-18)14(28)12(3-10)6-18/h11-12,30H,2-10H2,1H3;10-12H,2-9H2,1H3. The number of carbonyl (C=O) groups excluding carboxylic acids is 7. The van der Waals surface area contributed by atoms with Gasteiger partial charge in [-0.1, -0.05) is 0 Å². The van der Waals surface area contributed by atoms with Crippen LogP contribution >= 0.6 is 0 Å². The van der Waals surface area contributed by atoms with Crippen molar-refractivity contribution in [1.29, 1.82) is 0 Å². The second kappa shape index (κ2) is 18.3. The van der Waals surface area contributed by atoms with Crippen LogP contribution < -0.4 is 0 Å². The first-order valence-electron chi connectivity index (χ1n) is 20.6. The second-order valence-electron chi connectivity index (χ2n) is 18.7. The van der Waals surface area contributed by atoms with Gasteiger partial charge in [0.1, 0.15) is 5.78 Å². The van der Waals surface area contributed by atoms with Gasteiger partial charge in [0.2, 0.25) is 0 Å². The van der Waals surface area contributed by atoms with E-state index in [1.807, 2.05) is 0 Å². The highest BCUT2D eigenvalue weighted by Crippen LogP contribution is 2.62. The van der Waals surface area contributed by atoms with Crippen LogP contribution in [0.3, 0.4) is 0 Å². The zero-order chi connectivity index (χ0) is 49.7. The summed E-state index contributed by atoms with van der Waals surface area (Å²) in [6.07, 6.45) is 5.60. The molecule has 1 N–H and O–H groups in total. The van der Waals surface area contributed by atoms with Crippen LogP contribution in [0.25, 0.3) is 0 Å². The summed E-state index contributed by atoms with van der Waals surface area (Å²) in [5, 5.41) is 10.6. The summed E-state index contributed by atoms with van der Waals surface area (Å²) in [5.74, 6) is -38.0. The zero-order valence-corrected chi connectivity index (χ0v) is 35.2. The van der Waals surface area contributed by atoms with E-state index < -0.39 is 127 Å². The topological polar surface area (TPSA) is 195 Å². The van der Waals surface area contributed by atoms with Crippen LogP contribution in [-0.4, -0.2) is 127 Å². The third-order valence-corrected chi connectivity index (χ3v) is 12.9. The molecule has 8 rings (SSSR count). The highest BCUT2D eigenvalue weighted by molar-refractivity contribution is 5.90. The molecule has 0 amide bonds. The number of rotatable bonds is 18. The maximum atomic E-state index is 13.7. The van der Waals surface area contributed by atoms with Gasteiger partial charge in [0.15, 0.2) is 39.6 Å². The number of ether oxygens (including phenoxy) is 6. The van der Waals surface area contributed by atoms with Crippen LogP contribution in [0.15, 0.2) is 0 Å². The minimum atomic E-state index is -5.11. The molecule has 4 unspecified atom stereocenters. The Morgan fingerprint density at radius 1 is 0.500 bits per heavy atom. The SMILES string of the molecule is CC(F)(F)C(=O)OCC(F)(F)C(F)(F)COC(=O)COC(=O)C12CC3CC(C1)C(=O)C(C3)C2.CC(F)(F)C(=O)OCC(F)(F)C(F)(F)COC(=O)COC(=O)C12CC3CC(CC(O)(C3)C1)C2. The van der Waals surface area contributed by atoms with Crippen LogP contribution in [0.5, 0.6) is 0 Å². The van der Waals surface area contributed by atoms with Crippen molar-refractivity contribution in [3.8, 4) is 0 Å². The first-order chi connectivity index (χ1) is 30.0. The second-order valence-corrected chi connectivity index (χ2v) is 18.7. The van der Waals surface area contributed by atoms with E-state index in [1.165, 1.54) is 0 Å². The normalized spacial score (nSPS) is 30.2. The quantitative estimate of drug-likeness (QED) is 0.0982. The van der Waals surface area contributed by atoms with Crippen LogP contribution in [0.1, 0.15) is 84.5 Å². The Hall–Kier alpha value is -4.39. The molecule has 0 heterocycles. The summed E-state index contributed by atoms with van der Waals surface area (Å²) in [4.78, 5) is 82.3. The van der Waals surface area contributed by atoms with Crippen molar-refractivity contribution in [1.82, 2.24) is 0 Å². The van der Waals surface area contributed by atoms with Crippen molar-refractivity contribution in [2.45, 2.75) is 126 Å². The third kappa shape index (κ3) is 11.6. The maximum absolute atomic E-state index is 13.7. The van der Waals surface area contributed by atoms with Gasteiger partial charge in [-0.25, -0.2) is 19.2 Å². The molecule has 8 bridgehead atoms. The van der Waals surface area contributed by atoms with E-state index in [2.05, 4.69) is 18.9 Å². The van der Waals surface area contributed by atoms with Gasteiger partial charge in [0.05, 0.1) is 16.4 Å². The van der Waals surface area contributed by atoms with Crippen molar-refractivity contribution in [3.63, 3.8) is 0 Å². The highest BCUT2D eigenvalue weighted by atomic mass is 19.3. The van der Waals surface area contributed by atoms with Crippen LogP contribution in [-0.2, 0) is 62.0 Å². The predicted molar refractivity (Wildman–Crippen MR) is 190 cm³/mol. The van der Waals surface area contributed by atoms with E-state index >= 15 is 0 Å². The molecule has 8 saturated carbocycles. The molecular formula is C40H46F12O14. The largest absolute Gasteiger partial charge is 0.456 e. The zero-order valence-electron chi connectivity index (χ0n) is 35.2. The molecule has 0 aromatic heterocycles. The predicted octanol–water partition coefficient (Wildman–Crippen LogP) is 5.81. The number of carbonyl (C=O) groups is 7. The molecule has 14 nitrogen and oxygen atoms in total. The van der Waals surface area contributed by atoms with E-state index in [4.69, 9.17) is 9.47 Å². The number of alkyl halides is 12. The van der Waals surface area contributed by atoms with Crippen molar-refractivity contribution < 1.29 is 120 Å². The summed E-state index contributed by atoms with van der Waals surface area (Å²) in [6, 6.07) is 0. The van der Waals surface area contributed by atoms with Gasteiger partial charge in [0, 0.05) is 25.7 Å². The molecule has 0 aliphatic heterocycles. The van der Waals surface area contributed by atoms with Crippen LogP contribution in [0, 0.1) is 40.4 Å². The van der Waals surface area contributed by atoms with E-state index in [9.17, 15) is 91.4 Å². The summed E-state index contributed by atoms with van der Waals surface area (Å²) < 4.78 is 185. The average Bonchev–Trinajstić information content (AvgIpc) is 3.18. The van der Waals surface area contributed by atoms with Gasteiger partial charge < -0.3 is 33.5 Å². The van der Waals surface area contributed by atoms with Crippen molar-refractivity contribution in [3.05, 3.63) is 0 Å². The van der Waals surface area contributed by atoms with Crippen LogP contribution in [0.2, 0.25) is 0 Å². The molecule has 0 radical (unpaired) electrons. The molecule has 374 valence electrons. The fourth-order valence-electron chi connectivity index (χ4n) is 10.4. The van der Waals surface area contributed by atoms with E-state index in [0.717, 1.165) is 6.42 Å². The van der Waals surface area contributed by atoms with Gasteiger partial charge in [0.25, 0.3) is 0 Å². The molecule has 66 heavy (non-hydrogen) atoms. The molecule has 26 heteroatoms. The fraction of sp³-hybridized carbons (Fsp3) is 0.825. The minimum absolute atomic E-state index is 0.0377. The number of hydrogen-bond acceptors (Lipinski definition) is 14. The van der Waals surface area contributed by atoms with Gasteiger partial charge in [-0.2, -0.15) is 52.7 Å². The lowest BCUT2D eigenvalue weighted by Gasteiger charge is -2.58. The number of aliphatic hydroxyl groups is 1. The summed E-state index contributed by atoms with van der Waals surface area (Å²) in [6.45, 7) is -11.2. The van der Waals surface area contributed by atoms with E-state index in [0.29, 0.717) is 44.9 Å². The Balaban J connectivity index is 0.000000247. The molecule has 4 atom stereocenters. The fourth-order valence-corrected chi connectivity index (χ4v) is 10.4. The lowest BCUT2D eigenvalue weighted by molar-refractivity contribution is -0.251. The number of Topliss-reactive ketones (excluding diaryl/α,β-unsaturated/α-hetero) is 1. The minimum Gasteiger partial charge on any atom is -0.456 e. The molecule has 8 aliphatic carbocycles. The Labute approximate surface area is 367 Å². The lowest BCUT2D eigenvalue weighted by atomic mass is 9.48. The molecule has 0 spiro atoms. The molecule has 0 aromatic rings. The Bertz CT molecular complexity index is 1880.